The van der Waals surface area contributed by atoms with Gasteiger partial charge in [0, 0.05) is 19.1 Å². The van der Waals surface area contributed by atoms with Gasteiger partial charge in [-0.15, -0.1) is 0 Å². The summed E-state index contributed by atoms with van der Waals surface area (Å²) < 4.78 is 0. The fourth-order valence-corrected chi connectivity index (χ4v) is 2.11. The molecule has 3 N–H and O–H groups in total. The van der Waals surface area contributed by atoms with Crippen molar-refractivity contribution in [3.05, 3.63) is 53.2 Å². The topological polar surface area (TPSA) is 77.5 Å². The van der Waals surface area contributed by atoms with Crippen molar-refractivity contribution in [3.8, 4) is 0 Å². The number of nitrogens with zero attached hydrogens (tertiary/aromatic N) is 2. The highest BCUT2D eigenvalue weighted by atomic mass is 35.5. The number of aliphatic hydroxyl groups excluding tert-OH is 1. The molecular formula is C16H19ClN4O2. The third kappa shape index (κ3) is 4.84. The number of aliphatic hydroxyl groups is 1. The smallest absolute Gasteiger partial charge is 0.319 e. The van der Waals surface area contributed by atoms with E-state index < -0.39 is 12.1 Å². The van der Waals surface area contributed by atoms with Gasteiger partial charge in [0.15, 0.2) is 0 Å². The van der Waals surface area contributed by atoms with Crippen LogP contribution in [0, 0.1) is 0 Å². The van der Waals surface area contributed by atoms with Gasteiger partial charge in [-0.05, 0) is 29.8 Å². The molecule has 0 radical (unpaired) electrons. The molecule has 1 atom stereocenters. The molecule has 1 unspecified atom stereocenters. The molecule has 122 valence electrons. The lowest BCUT2D eigenvalue weighted by atomic mass is 10.1. The summed E-state index contributed by atoms with van der Waals surface area (Å²) in [5.74, 6) is 0.797. The van der Waals surface area contributed by atoms with Crippen LogP contribution in [0.2, 0.25) is 5.02 Å². The monoisotopic (exact) mass is 334 g/mol. The van der Waals surface area contributed by atoms with Gasteiger partial charge < -0.3 is 20.6 Å². The average Bonchev–Trinajstić information content (AvgIpc) is 2.54. The lowest BCUT2D eigenvalue weighted by molar-refractivity contribution is 0.225. The maximum atomic E-state index is 12.0. The molecule has 1 heterocycles. The van der Waals surface area contributed by atoms with E-state index in [0.29, 0.717) is 10.7 Å². The van der Waals surface area contributed by atoms with Crippen molar-refractivity contribution in [2.75, 3.05) is 30.9 Å². The summed E-state index contributed by atoms with van der Waals surface area (Å²) in [5.41, 5.74) is 1.34. The van der Waals surface area contributed by atoms with Gasteiger partial charge in [0.05, 0.1) is 24.5 Å². The van der Waals surface area contributed by atoms with Crippen LogP contribution in [0.25, 0.3) is 0 Å². The van der Waals surface area contributed by atoms with E-state index >= 15 is 0 Å². The minimum atomic E-state index is -0.513. The zero-order valence-electron chi connectivity index (χ0n) is 13.0. The number of benzene rings is 1. The Morgan fingerprint density at radius 2 is 1.96 bits per heavy atom. The lowest BCUT2D eigenvalue weighted by Crippen LogP contribution is -2.34. The van der Waals surface area contributed by atoms with Crippen LogP contribution in [0.1, 0.15) is 11.6 Å². The first-order valence-electron chi connectivity index (χ1n) is 7.07. The molecule has 2 amide bonds. The summed E-state index contributed by atoms with van der Waals surface area (Å²) in [6.07, 6.45) is 1.57. The van der Waals surface area contributed by atoms with Crippen molar-refractivity contribution >= 4 is 29.1 Å². The van der Waals surface area contributed by atoms with E-state index in [0.717, 1.165) is 11.4 Å². The summed E-state index contributed by atoms with van der Waals surface area (Å²) >= 11 is 5.83. The predicted molar refractivity (Wildman–Crippen MR) is 92.0 cm³/mol. The maximum Gasteiger partial charge on any atom is 0.319 e. The first-order valence-corrected chi connectivity index (χ1v) is 7.44. The van der Waals surface area contributed by atoms with Crippen LogP contribution in [0.5, 0.6) is 0 Å². The molecule has 0 aliphatic carbocycles. The molecule has 0 spiro atoms. The van der Waals surface area contributed by atoms with E-state index in [9.17, 15) is 9.90 Å². The SMILES string of the molecule is CN(C)c1ccc(NC(=O)NC(CO)c2ccc(Cl)cc2)cn1. The molecule has 0 bridgehead atoms. The normalized spacial score (nSPS) is 11.7. The standard InChI is InChI=1S/C16H19ClN4O2/c1-21(2)15-8-7-13(9-18-15)19-16(23)20-14(10-22)11-3-5-12(17)6-4-11/h3-9,14,22H,10H2,1-2H3,(H2,19,20,23). The molecular weight excluding hydrogens is 316 g/mol. The Labute approximate surface area is 140 Å². The molecule has 0 saturated carbocycles. The first-order chi connectivity index (χ1) is 11.0. The Bertz CT molecular complexity index is 644. The number of amides is 2. The second kappa shape index (κ2) is 7.80. The Hall–Kier alpha value is -2.31. The number of hydrogen-bond acceptors (Lipinski definition) is 4. The Kier molecular flexibility index (Phi) is 5.78. The van der Waals surface area contributed by atoms with Crippen LogP contribution >= 0.6 is 11.6 Å². The van der Waals surface area contributed by atoms with Gasteiger partial charge >= 0.3 is 6.03 Å². The van der Waals surface area contributed by atoms with Crippen molar-refractivity contribution in [2.45, 2.75) is 6.04 Å². The lowest BCUT2D eigenvalue weighted by Gasteiger charge is -2.17. The predicted octanol–water partition coefficient (Wildman–Crippen LogP) is 2.66. The van der Waals surface area contributed by atoms with Crippen LogP contribution in [-0.2, 0) is 0 Å². The average molecular weight is 335 g/mol. The zero-order chi connectivity index (χ0) is 16.8. The van der Waals surface area contributed by atoms with Gasteiger partial charge in [-0.3, -0.25) is 0 Å². The van der Waals surface area contributed by atoms with Gasteiger partial charge in [-0.25, -0.2) is 9.78 Å². The number of halogens is 1. The van der Waals surface area contributed by atoms with Gasteiger partial charge in [-0.1, -0.05) is 23.7 Å². The van der Waals surface area contributed by atoms with Crippen molar-refractivity contribution in [2.24, 2.45) is 0 Å². The highest BCUT2D eigenvalue weighted by Gasteiger charge is 2.13. The van der Waals surface area contributed by atoms with E-state index in [1.165, 1.54) is 0 Å². The summed E-state index contributed by atoms with van der Waals surface area (Å²) in [7, 11) is 3.78. The first kappa shape index (κ1) is 17.1. The minimum absolute atomic E-state index is 0.215. The fourth-order valence-electron chi connectivity index (χ4n) is 1.98. The van der Waals surface area contributed by atoms with Crippen molar-refractivity contribution in [3.63, 3.8) is 0 Å². The van der Waals surface area contributed by atoms with Crippen molar-refractivity contribution < 1.29 is 9.90 Å². The van der Waals surface area contributed by atoms with Crippen LogP contribution < -0.4 is 15.5 Å². The summed E-state index contributed by atoms with van der Waals surface area (Å²) in [6.45, 7) is -0.215. The zero-order valence-corrected chi connectivity index (χ0v) is 13.7. The summed E-state index contributed by atoms with van der Waals surface area (Å²) in [5, 5.41) is 15.5. The number of rotatable bonds is 5. The van der Waals surface area contributed by atoms with Crippen LogP contribution in [-0.4, -0.2) is 36.8 Å². The molecule has 6 nitrogen and oxygen atoms in total. The number of carbonyl (C=O) groups is 1. The summed E-state index contributed by atoms with van der Waals surface area (Å²) in [6, 6.07) is 9.58. The van der Waals surface area contributed by atoms with E-state index in [1.807, 2.05) is 19.0 Å². The molecule has 23 heavy (non-hydrogen) atoms. The van der Waals surface area contributed by atoms with Crippen molar-refractivity contribution in [1.29, 1.82) is 0 Å². The second-order valence-corrected chi connectivity index (χ2v) is 5.62. The number of urea groups is 1. The third-order valence-electron chi connectivity index (χ3n) is 3.22. The van der Waals surface area contributed by atoms with Gasteiger partial charge in [0.2, 0.25) is 0 Å². The molecule has 0 aliphatic heterocycles. The van der Waals surface area contributed by atoms with E-state index in [1.54, 1.807) is 42.6 Å². The number of hydrogen-bond donors (Lipinski definition) is 3. The quantitative estimate of drug-likeness (QED) is 0.785. The van der Waals surface area contributed by atoms with Gasteiger partial charge in [0.25, 0.3) is 0 Å². The second-order valence-electron chi connectivity index (χ2n) is 5.18. The number of nitrogens with one attached hydrogen (secondary N) is 2. The van der Waals surface area contributed by atoms with E-state index in [2.05, 4.69) is 15.6 Å². The fraction of sp³-hybridized carbons (Fsp3) is 0.250. The maximum absolute atomic E-state index is 12.0. The largest absolute Gasteiger partial charge is 0.394 e. The number of pyridine rings is 1. The molecule has 0 saturated heterocycles. The van der Waals surface area contributed by atoms with Crippen molar-refractivity contribution in [1.82, 2.24) is 10.3 Å². The Balaban J connectivity index is 1.98. The van der Waals surface area contributed by atoms with E-state index in [-0.39, 0.29) is 6.61 Å². The summed E-state index contributed by atoms with van der Waals surface area (Å²) in [4.78, 5) is 18.1. The Morgan fingerprint density at radius 1 is 1.26 bits per heavy atom. The van der Waals surface area contributed by atoms with Crippen LogP contribution in [0.4, 0.5) is 16.3 Å². The van der Waals surface area contributed by atoms with Gasteiger partial charge in [0.1, 0.15) is 5.82 Å². The Morgan fingerprint density at radius 3 is 2.48 bits per heavy atom. The van der Waals surface area contributed by atoms with Crippen LogP contribution in [0.3, 0.4) is 0 Å². The molecule has 7 heteroatoms. The highest BCUT2D eigenvalue weighted by Crippen LogP contribution is 2.17. The third-order valence-corrected chi connectivity index (χ3v) is 3.48. The molecule has 0 fully saturated rings. The number of anilines is 2. The number of carbonyl (C=O) groups excluding carboxylic acids is 1. The molecule has 2 aromatic rings. The highest BCUT2D eigenvalue weighted by molar-refractivity contribution is 6.30. The molecule has 0 aliphatic rings. The van der Waals surface area contributed by atoms with Gasteiger partial charge in [-0.2, -0.15) is 0 Å². The molecule has 2 rings (SSSR count). The van der Waals surface area contributed by atoms with E-state index in [4.69, 9.17) is 11.6 Å². The number of aromatic nitrogens is 1. The van der Waals surface area contributed by atoms with Crippen LogP contribution in [0.15, 0.2) is 42.6 Å². The molecule has 1 aromatic heterocycles. The minimum Gasteiger partial charge on any atom is -0.394 e. The molecule has 1 aromatic carbocycles.